The summed E-state index contributed by atoms with van der Waals surface area (Å²) >= 11 is 0. The molecular weight excluding hydrogens is 454 g/mol. The summed E-state index contributed by atoms with van der Waals surface area (Å²) in [6.07, 6.45) is 2.38. The van der Waals surface area contributed by atoms with Crippen molar-refractivity contribution in [2.75, 3.05) is 23.3 Å². The van der Waals surface area contributed by atoms with Crippen LogP contribution in [-0.4, -0.2) is 32.5 Å². The van der Waals surface area contributed by atoms with Crippen LogP contribution in [0.4, 0.5) is 11.4 Å². The Balaban J connectivity index is 1.37. The first-order chi connectivity index (χ1) is 16.5. The van der Waals surface area contributed by atoms with Gasteiger partial charge in [0, 0.05) is 35.3 Å². The second-order valence-electron chi connectivity index (χ2n) is 7.68. The normalized spacial score (nSPS) is 13.2. The number of ether oxygens (including phenoxy) is 2. The number of para-hydroxylation sites is 1. The lowest BCUT2D eigenvalue weighted by Crippen LogP contribution is -2.16. The number of hydrogen-bond donors (Lipinski definition) is 2. The van der Waals surface area contributed by atoms with Crippen LogP contribution in [0, 0.1) is 0 Å². The minimum atomic E-state index is -3.96. The predicted octanol–water partition coefficient (Wildman–Crippen LogP) is 4.45. The van der Waals surface area contributed by atoms with Gasteiger partial charge in [-0.05, 0) is 42.5 Å². The first kappa shape index (κ1) is 21.7. The van der Waals surface area contributed by atoms with Crippen molar-refractivity contribution in [2.24, 2.45) is 0 Å². The van der Waals surface area contributed by atoms with Gasteiger partial charge >= 0.3 is 0 Å². The highest BCUT2D eigenvalue weighted by molar-refractivity contribution is 7.92. The standard InChI is InChI=1S/C25H21N3O5S/c29-25(27-19-10-11-22-23(16-19)33-14-4-13-32-22)18-6-1-8-20(15-18)34(30,31)28-21-9-2-5-17-7-3-12-26-24(17)21/h1-3,5-12,15-16,28H,4,13-14H2,(H,27,29). The Bertz CT molecular complexity index is 1480. The van der Waals surface area contributed by atoms with Crippen LogP contribution in [-0.2, 0) is 10.0 Å². The van der Waals surface area contributed by atoms with Crippen LogP contribution >= 0.6 is 0 Å². The molecule has 3 aromatic carbocycles. The third-order valence-electron chi connectivity index (χ3n) is 5.29. The molecular formula is C25H21N3O5S. The number of carbonyl (C=O) groups excluding carboxylic acids is 1. The van der Waals surface area contributed by atoms with E-state index in [1.165, 1.54) is 18.2 Å². The summed E-state index contributed by atoms with van der Waals surface area (Å²) in [5.74, 6) is 0.732. The average Bonchev–Trinajstić information content (AvgIpc) is 3.09. The van der Waals surface area contributed by atoms with Crippen molar-refractivity contribution in [1.29, 1.82) is 0 Å². The topological polar surface area (TPSA) is 107 Å². The number of sulfonamides is 1. The molecule has 172 valence electrons. The zero-order chi connectivity index (χ0) is 23.5. The van der Waals surface area contributed by atoms with E-state index in [1.807, 2.05) is 12.1 Å². The maximum atomic E-state index is 13.1. The van der Waals surface area contributed by atoms with Gasteiger partial charge < -0.3 is 14.8 Å². The fourth-order valence-corrected chi connectivity index (χ4v) is 4.75. The molecule has 5 rings (SSSR count). The van der Waals surface area contributed by atoms with Gasteiger partial charge in [0.25, 0.3) is 15.9 Å². The molecule has 2 heterocycles. The van der Waals surface area contributed by atoms with Gasteiger partial charge in [0.15, 0.2) is 11.5 Å². The molecule has 0 saturated heterocycles. The molecule has 2 N–H and O–H groups in total. The van der Waals surface area contributed by atoms with E-state index in [1.54, 1.807) is 48.7 Å². The number of nitrogens with one attached hydrogen (secondary N) is 2. The highest BCUT2D eigenvalue weighted by Gasteiger charge is 2.19. The van der Waals surface area contributed by atoms with Gasteiger partial charge in [0.1, 0.15) is 0 Å². The van der Waals surface area contributed by atoms with Gasteiger partial charge in [-0.2, -0.15) is 0 Å². The third kappa shape index (κ3) is 4.51. The molecule has 0 aliphatic carbocycles. The molecule has 0 unspecified atom stereocenters. The molecule has 0 fully saturated rings. The summed E-state index contributed by atoms with van der Waals surface area (Å²) < 4.78 is 40.0. The Morgan fingerprint density at radius 2 is 1.68 bits per heavy atom. The Morgan fingerprint density at radius 3 is 2.56 bits per heavy atom. The van der Waals surface area contributed by atoms with Crippen LogP contribution < -0.4 is 19.5 Å². The van der Waals surface area contributed by atoms with Crippen LogP contribution in [0.5, 0.6) is 11.5 Å². The van der Waals surface area contributed by atoms with Gasteiger partial charge in [-0.3, -0.25) is 14.5 Å². The van der Waals surface area contributed by atoms with E-state index in [0.717, 1.165) is 11.8 Å². The minimum Gasteiger partial charge on any atom is -0.490 e. The van der Waals surface area contributed by atoms with Crippen molar-refractivity contribution in [3.05, 3.63) is 84.6 Å². The molecule has 1 amide bonds. The van der Waals surface area contributed by atoms with Crippen molar-refractivity contribution in [3.8, 4) is 11.5 Å². The maximum absolute atomic E-state index is 13.1. The summed E-state index contributed by atoms with van der Waals surface area (Å²) in [5, 5.41) is 3.59. The first-order valence-corrected chi connectivity index (χ1v) is 12.2. The molecule has 0 spiro atoms. The van der Waals surface area contributed by atoms with E-state index >= 15 is 0 Å². The van der Waals surface area contributed by atoms with Crippen LogP contribution in [0.25, 0.3) is 10.9 Å². The van der Waals surface area contributed by atoms with E-state index in [9.17, 15) is 13.2 Å². The Kier molecular flexibility index (Phi) is 5.77. The third-order valence-corrected chi connectivity index (χ3v) is 6.65. The molecule has 1 aliphatic rings. The molecule has 8 nitrogen and oxygen atoms in total. The lowest BCUT2D eigenvalue weighted by molar-refractivity contribution is 0.102. The van der Waals surface area contributed by atoms with E-state index in [2.05, 4.69) is 15.0 Å². The van der Waals surface area contributed by atoms with Crippen molar-refractivity contribution in [1.82, 2.24) is 4.98 Å². The molecule has 34 heavy (non-hydrogen) atoms. The largest absolute Gasteiger partial charge is 0.490 e. The van der Waals surface area contributed by atoms with E-state index in [0.29, 0.717) is 41.6 Å². The van der Waals surface area contributed by atoms with Gasteiger partial charge in [0.2, 0.25) is 0 Å². The number of amides is 1. The monoisotopic (exact) mass is 475 g/mol. The van der Waals surface area contributed by atoms with Crippen molar-refractivity contribution in [3.63, 3.8) is 0 Å². The van der Waals surface area contributed by atoms with Crippen molar-refractivity contribution >= 4 is 38.2 Å². The summed E-state index contributed by atoms with van der Waals surface area (Å²) in [6, 6.07) is 19.9. The smallest absolute Gasteiger partial charge is 0.261 e. The minimum absolute atomic E-state index is 0.0354. The average molecular weight is 476 g/mol. The highest BCUT2D eigenvalue weighted by Crippen LogP contribution is 2.32. The SMILES string of the molecule is O=C(Nc1ccc2c(c1)OCCCO2)c1cccc(S(=O)(=O)Nc2cccc3cccnc23)c1. The van der Waals surface area contributed by atoms with Crippen LogP contribution in [0.3, 0.4) is 0 Å². The van der Waals surface area contributed by atoms with E-state index in [-0.39, 0.29) is 10.5 Å². The van der Waals surface area contributed by atoms with Gasteiger partial charge in [-0.15, -0.1) is 0 Å². The zero-order valence-electron chi connectivity index (χ0n) is 18.0. The number of nitrogens with zero attached hydrogens (tertiary/aromatic N) is 1. The lowest BCUT2D eigenvalue weighted by atomic mass is 10.2. The number of carbonyl (C=O) groups is 1. The summed E-state index contributed by atoms with van der Waals surface area (Å²) in [6.45, 7) is 1.10. The van der Waals surface area contributed by atoms with Crippen molar-refractivity contribution in [2.45, 2.75) is 11.3 Å². The zero-order valence-corrected chi connectivity index (χ0v) is 18.8. The molecule has 4 aromatic rings. The Morgan fingerprint density at radius 1 is 0.882 bits per heavy atom. The lowest BCUT2D eigenvalue weighted by Gasteiger charge is -2.12. The fraction of sp³-hybridized carbons (Fsp3) is 0.120. The predicted molar refractivity (Wildman–Crippen MR) is 129 cm³/mol. The highest BCUT2D eigenvalue weighted by atomic mass is 32.2. The molecule has 0 radical (unpaired) electrons. The number of benzene rings is 3. The number of pyridine rings is 1. The number of anilines is 2. The summed E-state index contributed by atoms with van der Waals surface area (Å²) in [5.41, 5.74) is 1.62. The molecule has 9 heteroatoms. The summed E-state index contributed by atoms with van der Waals surface area (Å²) in [4.78, 5) is 17.1. The van der Waals surface area contributed by atoms with Gasteiger partial charge in [0.05, 0.1) is 29.3 Å². The molecule has 1 aliphatic heterocycles. The first-order valence-electron chi connectivity index (χ1n) is 10.7. The second-order valence-corrected chi connectivity index (χ2v) is 9.36. The molecule has 0 saturated carbocycles. The van der Waals surface area contributed by atoms with Crippen molar-refractivity contribution < 1.29 is 22.7 Å². The van der Waals surface area contributed by atoms with Crippen LogP contribution in [0.2, 0.25) is 0 Å². The van der Waals surface area contributed by atoms with Gasteiger partial charge in [-0.25, -0.2) is 8.42 Å². The molecule has 0 bridgehead atoms. The van der Waals surface area contributed by atoms with E-state index in [4.69, 9.17) is 9.47 Å². The molecule has 0 atom stereocenters. The summed E-state index contributed by atoms with van der Waals surface area (Å²) in [7, 11) is -3.96. The Labute approximate surface area is 196 Å². The van der Waals surface area contributed by atoms with Gasteiger partial charge in [-0.1, -0.05) is 24.3 Å². The Hall–Kier alpha value is -4.11. The quantitative estimate of drug-likeness (QED) is 0.442. The number of rotatable bonds is 5. The molecule has 1 aromatic heterocycles. The maximum Gasteiger partial charge on any atom is 0.261 e. The van der Waals surface area contributed by atoms with Crippen LogP contribution in [0.15, 0.2) is 83.9 Å². The number of hydrogen-bond acceptors (Lipinski definition) is 6. The number of fused-ring (bicyclic) bond motifs is 2. The fourth-order valence-electron chi connectivity index (χ4n) is 3.64. The van der Waals surface area contributed by atoms with Crippen LogP contribution in [0.1, 0.15) is 16.8 Å². The van der Waals surface area contributed by atoms with E-state index < -0.39 is 15.9 Å². The number of aromatic nitrogens is 1. The second kappa shape index (κ2) is 9.03.